The summed E-state index contributed by atoms with van der Waals surface area (Å²) in [5, 5.41) is 13.9. The lowest BCUT2D eigenvalue weighted by molar-refractivity contribution is -0.0286. The standard InChI is InChI=1S/C24H18ClN5OS/c25-22-15-24(21-16-26-30(27-21)18-11-5-2-6-12-18)29(19-13-7-8-14-20(19)32-22)23(28-31-24)17-9-3-1-4-10-17/h1-14,16,22H,15H2. The highest BCUT2D eigenvalue weighted by molar-refractivity contribution is 8.01. The fraction of sp³-hybridized carbons (Fsp3) is 0.125. The van der Waals surface area contributed by atoms with Crippen LogP contribution < -0.4 is 4.90 Å². The van der Waals surface area contributed by atoms with Crippen molar-refractivity contribution in [1.29, 1.82) is 0 Å². The second-order valence-corrected chi connectivity index (χ2v) is 9.58. The number of alkyl halides is 1. The van der Waals surface area contributed by atoms with Gasteiger partial charge < -0.3 is 4.84 Å². The lowest BCUT2D eigenvalue weighted by Crippen LogP contribution is -2.47. The first-order valence-corrected chi connectivity index (χ1v) is 11.6. The zero-order valence-corrected chi connectivity index (χ0v) is 18.4. The van der Waals surface area contributed by atoms with Crippen molar-refractivity contribution in [2.75, 3.05) is 4.90 Å². The van der Waals surface area contributed by atoms with Gasteiger partial charge in [0, 0.05) is 16.9 Å². The topological polar surface area (TPSA) is 55.5 Å². The fourth-order valence-electron chi connectivity index (χ4n) is 4.11. The van der Waals surface area contributed by atoms with Gasteiger partial charge in [0.25, 0.3) is 5.72 Å². The van der Waals surface area contributed by atoms with E-state index in [-0.39, 0.29) is 4.71 Å². The Morgan fingerprint density at radius 3 is 2.47 bits per heavy atom. The maximum absolute atomic E-state index is 6.82. The maximum atomic E-state index is 6.82. The van der Waals surface area contributed by atoms with Gasteiger partial charge in [-0.15, -0.1) is 28.5 Å². The van der Waals surface area contributed by atoms with Crippen LogP contribution in [0.3, 0.4) is 0 Å². The van der Waals surface area contributed by atoms with E-state index in [2.05, 4.69) is 27.3 Å². The molecule has 0 N–H and O–H groups in total. The molecule has 158 valence electrons. The molecular formula is C24H18ClN5OS. The highest BCUT2D eigenvalue weighted by Gasteiger charge is 2.54. The molecule has 6 nitrogen and oxygen atoms in total. The van der Waals surface area contributed by atoms with Gasteiger partial charge in [-0.1, -0.05) is 65.8 Å². The Morgan fingerprint density at radius 1 is 0.938 bits per heavy atom. The third kappa shape index (κ3) is 3.08. The number of halogens is 1. The molecule has 4 aromatic rings. The van der Waals surface area contributed by atoms with Crippen molar-refractivity contribution in [3.63, 3.8) is 0 Å². The van der Waals surface area contributed by atoms with E-state index >= 15 is 0 Å². The van der Waals surface area contributed by atoms with Gasteiger partial charge in [-0.25, -0.2) is 0 Å². The number of thioether (sulfide) groups is 1. The van der Waals surface area contributed by atoms with Gasteiger partial charge in [0.1, 0.15) is 0 Å². The second kappa shape index (κ2) is 7.69. The zero-order valence-electron chi connectivity index (χ0n) is 16.9. The normalized spacial score (nSPS) is 21.8. The number of fused-ring (bicyclic) bond motifs is 3. The average Bonchev–Trinajstić information content (AvgIpc) is 3.44. The van der Waals surface area contributed by atoms with E-state index < -0.39 is 5.72 Å². The summed E-state index contributed by atoms with van der Waals surface area (Å²) in [6.07, 6.45) is 2.22. The number of anilines is 1. The molecule has 3 aromatic carbocycles. The van der Waals surface area contributed by atoms with Crippen molar-refractivity contribution in [2.24, 2.45) is 5.16 Å². The van der Waals surface area contributed by atoms with Crippen molar-refractivity contribution in [3.8, 4) is 5.69 Å². The number of para-hydroxylation sites is 2. The molecule has 0 radical (unpaired) electrons. The molecule has 8 heteroatoms. The molecule has 0 aliphatic carbocycles. The Morgan fingerprint density at radius 2 is 1.66 bits per heavy atom. The third-order valence-corrected chi connectivity index (χ3v) is 7.01. The van der Waals surface area contributed by atoms with Crippen molar-refractivity contribution in [1.82, 2.24) is 15.0 Å². The number of benzene rings is 3. The van der Waals surface area contributed by atoms with Crippen molar-refractivity contribution < 1.29 is 4.84 Å². The quantitative estimate of drug-likeness (QED) is 0.385. The van der Waals surface area contributed by atoms with Crippen LogP contribution in [0.5, 0.6) is 0 Å². The second-order valence-electron chi connectivity index (χ2n) is 7.55. The summed E-state index contributed by atoms with van der Waals surface area (Å²) in [6.45, 7) is 0. The van der Waals surface area contributed by atoms with Gasteiger partial charge in [-0.05, 0) is 24.3 Å². The molecule has 0 saturated carbocycles. The van der Waals surface area contributed by atoms with E-state index in [0.717, 1.165) is 27.7 Å². The van der Waals surface area contributed by atoms with Gasteiger partial charge in [-0.3, -0.25) is 4.90 Å². The summed E-state index contributed by atoms with van der Waals surface area (Å²) in [7, 11) is 0. The smallest absolute Gasteiger partial charge is 0.264 e. The van der Waals surface area contributed by atoms with E-state index in [1.165, 1.54) is 0 Å². The number of amidine groups is 1. The van der Waals surface area contributed by atoms with Crippen molar-refractivity contribution in [3.05, 3.63) is 102 Å². The first-order chi connectivity index (χ1) is 15.7. The van der Waals surface area contributed by atoms with Crippen LogP contribution in [-0.2, 0) is 10.6 Å². The summed E-state index contributed by atoms with van der Waals surface area (Å²) in [5.41, 5.74) is 2.45. The Balaban J connectivity index is 1.53. The summed E-state index contributed by atoms with van der Waals surface area (Å²) in [4.78, 5) is 11.1. The Labute approximate surface area is 194 Å². The van der Waals surface area contributed by atoms with Gasteiger partial charge >= 0.3 is 0 Å². The lowest BCUT2D eigenvalue weighted by Gasteiger charge is -2.35. The molecule has 0 saturated heterocycles. The molecule has 2 unspecified atom stereocenters. The summed E-state index contributed by atoms with van der Waals surface area (Å²) < 4.78 is -0.242. The molecule has 6 rings (SSSR count). The number of hydrogen-bond donors (Lipinski definition) is 0. The highest BCUT2D eigenvalue weighted by Crippen LogP contribution is 2.52. The molecule has 0 amide bonds. The number of oxime groups is 1. The Bertz CT molecular complexity index is 1300. The van der Waals surface area contributed by atoms with E-state index in [9.17, 15) is 0 Å². The minimum Gasteiger partial charge on any atom is -0.358 e. The zero-order chi connectivity index (χ0) is 21.5. The Kier molecular flexibility index (Phi) is 4.66. The molecular weight excluding hydrogens is 442 g/mol. The van der Waals surface area contributed by atoms with Gasteiger partial charge in [-0.2, -0.15) is 9.90 Å². The maximum Gasteiger partial charge on any atom is 0.264 e. The minimum absolute atomic E-state index is 0.242. The van der Waals surface area contributed by atoms with Crippen LogP contribution in [0, 0.1) is 0 Å². The number of rotatable bonds is 3. The largest absolute Gasteiger partial charge is 0.358 e. The monoisotopic (exact) mass is 459 g/mol. The van der Waals surface area contributed by atoms with Crippen LogP contribution in [0.15, 0.2) is 101 Å². The molecule has 2 aliphatic rings. The van der Waals surface area contributed by atoms with Gasteiger partial charge in [0.15, 0.2) is 11.5 Å². The summed E-state index contributed by atoms with van der Waals surface area (Å²) >= 11 is 8.44. The fourth-order valence-corrected chi connectivity index (χ4v) is 5.63. The Hall–Kier alpha value is -3.29. The number of aromatic nitrogens is 3. The number of nitrogens with zero attached hydrogens (tertiary/aromatic N) is 5. The minimum atomic E-state index is -1.01. The number of hydrogen-bond acceptors (Lipinski definition) is 6. The molecule has 0 fully saturated rings. The molecule has 2 atom stereocenters. The van der Waals surface area contributed by atoms with E-state index in [1.54, 1.807) is 22.8 Å². The first kappa shape index (κ1) is 19.4. The SMILES string of the molecule is ClC1CC2(c3cnn(-c4ccccc4)n3)ON=C(c3ccccc3)N2c2ccccc2S1. The van der Waals surface area contributed by atoms with Gasteiger partial charge in [0.2, 0.25) is 0 Å². The molecule has 0 bridgehead atoms. The van der Waals surface area contributed by atoms with Crippen LogP contribution in [0.1, 0.15) is 17.7 Å². The summed E-state index contributed by atoms with van der Waals surface area (Å²) in [6, 6.07) is 28.0. The van der Waals surface area contributed by atoms with E-state index in [0.29, 0.717) is 12.1 Å². The van der Waals surface area contributed by atoms with Crippen LogP contribution in [0.25, 0.3) is 5.69 Å². The van der Waals surface area contributed by atoms with E-state index in [4.69, 9.17) is 21.5 Å². The van der Waals surface area contributed by atoms with Crippen molar-refractivity contribution in [2.45, 2.75) is 21.8 Å². The average molecular weight is 460 g/mol. The third-order valence-electron chi connectivity index (χ3n) is 5.57. The highest BCUT2D eigenvalue weighted by atomic mass is 35.5. The predicted molar refractivity (Wildman–Crippen MR) is 126 cm³/mol. The van der Waals surface area contributed by atoms with Crippen LogP contribution >= 0.6 is 23.4 Å². The van der Waals surface area contributed by atoms with Crippen LogP contribution in [-0.4, -0.2) is 25.5 Å². The van der Waals surface area contributed by atoms with E-state index in [1.807, 2.05) is 72.8 Å². The molecule has 3 heterocycles. The molecule has 1 aromatic heterocycles. The summed E-state index contributed by atoms with van der Waals surface area (Å²) in [5.74, 6) is 0.721. The molecule has 0 spiro atoms. The predicted octanol–water partition coefficient (Wildman–Crippen LogP) is 5.38. The molecule has 2 aliphatic heterocycles. The van der Waals surface area contributed by atoms with Crippen LogP contribution in [0.4, 0.5) is 5.69 Å². The van der Waals surface area contributed by atoms with Gasteiger partial charge in [0.05, 0.1) is 22.3 Å². The lowest BCUT2D eigenvalue weighted by atomic mass is 10.0. The van der Waals surface area contributed by atoms with Crippen LogP contribution in [0.2, 0.25) is 0 Å². The molecule has 32 heavy (non-hydrogen) atoms. The first-order valence-electron chi connectivity index (χ1n) is 10.2. The van der Waals surface area contributed by atoms with Crippen molar-refractivity contribution >= 4 is 34.9 Å².